The summed E-state index contributed by atoms with van der Waals surface area (Å²) in [7, 11) is 2.18. The van der Waals surface area contributed by atoms with Crippen LogP contribution < -0.4 is 5.73 Å². The molecule has 2 atom stereocenters. The number of nitrogens with two attached hydrogens (primary N) is 1. The van der Waals surface area contributed by atoms with Crippen molar-refractivity contribution < 1.29 is 5.11 Å². The third kappa shape index (κ3) is 3.06. The first-order valence-corrected chi connectivity index (χ1v) is 6.35. The van der Waals surface area contributed by atoms with Gasteiger partial charge in [-0.1, -0.05) is 24.3 Å². The summed E-state index contributed by atoms with van der Waals surface area (Å²) < 4.78 is 0. The first-order chi connectivity index (χ1) is 8.20. The maximum atomic E-state index is 9.10. The minimum atomic E-state index is -0.253. The summed E-state index contributed by atoms with van der Waals surface area (Å²) in [5.41, 5.74) is 8.26. The van der Waals surface area contributed by atoms with Crippen LogP contribution in [0.3, 0.4) is 0 Å². The Hall–Kier alpha value is -0.900. The van der Waals surface area contributed by atoms with Crippen LogP contribution in [0.4, 0.5) is 0 Å². The Morgan fingerprint density at radius 1 is 1.53 bits per heavy atom. The van der Waals surface area contributed by atoms with Crippen molar-refractivity contribution >= 4 is 0 Å². The van der Waals surface area contributed by atoms with Gasteiger partial charge in [0, 0.05) is 6.54 Å². The molecule has 1 aliphatic rings. The molecule has 0 spiro atoms. The van der Waals surface area contributed by atoms with E-state index in [1.807, 2.05) is 6.07 Å². The van der Waals surface area contributed by atoms with Gasteiger partial charge in [0.05, 0.1) is 12.6 Å². The summed E-state index contributed by atoms with van der Waals surface area (Å²) in [6, 6.07) is 8.13. The minimum absolute atomic E-state index is 0.00796. The maximum Gasteiger partial charge on any atom is 0.0624 e. The standard InChI is InChI=1S/C14H22N2O/c1-16-7-3-6-13(9-16)11-4-2-5-12(8-11)14(15)10-17/h2,4-5,8,13-14,17H,3,6-7,9-10,15H2,1H3. The van der Waals surface area contributed by atoms with Gasteiger partial charge in [0.2, 0.25) is 0 Å². The van der Waals surface area contributed by atoms with E-state index in [0.717, 1.165) is 12.1 Å². The van der Waals surface area contributed by atoms with Crippen molar-refractivity contribution in [3.63, 3.8) is 0 Å². The van der Waals surface area contributed by atoms with E-state index < -0.39 is 0 Å². The zero-order valence-electron chi connectivity index (χ0n) is 10.5. The van der Waals surface area contributed by atoms with Crippen LogP contribution in [0, 0.1) is 0 Å². The number of benzene rings is 1. The zero-order valence-corrected chi connectivity index (χ0v) is 10.5. The smallest absolute Gasteiger partial charge is 0.0624 e. The van der Waals surface area contributed by atoms with Crippen molar-refractivity contribution in [2.45, 2.75) is 24.8 Å². The summed E-state index contributed by atoms with van der Waals surface area (Å²) in [5, 5.41) is 9.10. The normalized spacial score (nSPS) is 23.6. The van der Waals surface area contributed by atoms with Crippen LogP contribution in [-0.2, 0) is 0 Å². The number of rotatable bonds is 3. The lowest BCUT2D eigenvalue weighted by Gasteiger charge is -2.30. The van der Waals surface area contributed by atoms with Crippen molar-refractivity contribution in [2.75, 3.05) is 26.7 Å². The van der Waals surface area contributed by atoms with Crippen molar-refractivity contribution in [3.05, 3.63) is 35.4 Å². The molecule has 0 radical (unpaired) electrons. The highest BCUT2D eigenvalue weighted by atomic mass is 16.3. The monoisotopic (exact) mass is 234 g/mol. The summed E-state index contributed by atoms with van der Waals surface area (Å²) in [4.78, 5) is 2.38. The fraction of sp³-hybridized carbons (Fsp3) is 0.571. The first-order valence-electron chi connectivity index (χ1n) is 6.35. The number of piperidine rings is 1. The second kappa shape index (κ2) is 5.63. The molecule has 3 heteroatoms. The summed E-state index contributed by atoms with van der Waals surface area (Å²) in [6.45, 7) is 2.33. The molecule has 0 saturated carbocycles. The molecule has 17 heavy (non-hydrogen) atoms. The number of hydrogen-bond acceptors (Lipinski definition) is 3. The number of hydrogen-bond donors (Lipinski definition) is 2. The second-order valence-corrected chi connectivity index (χ2v) is 5.06. The van der Waals surface area contributed by atoms with Crippen LogP contribution in [0.15, 0.2) is 24.3 Å². The van der Waals surface area contributed by atoms with E-state index in [1.54, 1.807) is 0 Å². The van der Waals surface area contributed by atoms with Crippen LogP contribution in [0.1, 0.15) is 35.9 Å². The van der Waals surface area contributed by atoms with Gasteiger partial charge in [0.25, 0.3) is 0 Å². The molecule has 1 fully saturated rings. The number of nitrogens with zero attached hydrogens (tertiary/aromatic N) is 1. The van der Waals surface area contributed by atoms with Gasteiger partial charge in [-0.3, -0.25) is 0 Å². The fourth-order valence-corrected chi connectivity index (χ4v) is 2.59. The highest BCUT2D eigenvalue weighted by Crippen LogP contribution is 2.27. The SMILES string of the molecule is CN1CCCC(c2cccc(C(N)CO)c2)C1. The zero-order chi connectivity index (χ0) is 12.3. The highest BCUT2D eigenvalue weighted by molar-refractivity contribution is 5.29. The van der Waals surface area contributed by atoms with E-state index in [2.05, 4.69) is 30.1 Å². The topological polar surface area (TPSA) is 49.5 Å². The lowest BCUT2D eigenvalue weighted by molar-refractivity contribution is 0.250. The molecule has 1 aromatic carbocycles. The van der Waals surface area contributed by atoms with E-state index in [4.69, 9.17) is 10.8 Å². The summed E-state index contributed by atoms with van der Waals surface area (Å²) in [5.74, 6) is 0.611. The van der Waals surface area contributed by atoms with Crippen LogP contribution in [0.2, 0.25) is 0 Å². The second-order valence-electron chi connectivity index (χ2n) is 5.06. The Morgan fingerprint density at radius 3 is 3.06 bits per heavy atom. The highest BCUT2D eigenvalue weighted by Gasteiger charge is 2.19. The molecule has 0 bridgehead atoms. The average molecular weight is 234 g/mol. The number of likely N-dealkylation sites (tertiary alicyclic amines) is 1. The molecule has 0 aromatic heterocycles. The first kappa shape index (κ1) is 12.6. The maximum absolute atomic E-state index is 9.10. The van der Waals surface area contributed by atoms with Crippen molar-refractivity contribution in [2.24, 2.45) is 5.73 Å². The van der Waals surface area contributed by atoms with Gasteiger partial charge in [0.15, 0.2) is 0 Å². The van der Waals surface area contributed by atoms with Crippen molar-refractivity contribution in [1.82, 2.24) is 4.90 Å². The number of likely N-dealkylation sites (N-methyl/N-ethyl adjacent to an activating group) is 1. The predicted molar refractivity (Wildman–Crippen MR) is 69.9 cm³/mol. The van der Waals surface area contributed by atoms with Gasteiger partial charge in [-0.15, -0.1) is 0 Å². The Kier molecular flexibility index (Phi) is 4.15. The van der Waals surface area contributed by atoms with Crippen LogP contribution in [-0.4, -0.2) is 36.8 Å². The molecule has 3 N–H and O–H groups in total. The summed E-state index contributed by atoms with van der Waals surface area (Å²) in [6.07, 6.45) is 2.51. The van der Waals surface area contributed by atoms with Gasteiger partial charge in [-0.05, 0) is 43.5 Å². The Balaban J connectivity index is 2.15. The van der Waals surface area contributed by atoms with E-state index in [1.165, 1.54) is 24.9 Å². The summed E-state index contributed by atoms with van der Waals surface area (Å²) >= 11 is 0. The minimum Gasteiger partial charge on any atom is -0.394 e. The molecular formula is C14H22N2O. The van der Waals surface area contributed by atoms with Crippen LogP contribution >= 0.6 is 0 Å². The molecule has 1 saturated heterocycles. The molecule has 2 unspecified atom stereocenters. The lowest BCUT2D eigenvalue weighted by atomic mass is 9.89. The third-order valence-electron chi connectivity index (χ3n) is 3.63. The van der Waals surface area contributed by atoms with Gasteiger partial charge < -0.3 is 15.7 Å². The van der Waals surface area contributed by atoms with Gasteiger partial charge in [-0.25, -0.2) is 0 Å². The van der Waals surface area contributed by atoms with Crippen molar-refractivity contribution in [1.29, 1.82) is 0 Å². The lowest BCUT2D eigenvalue weighted by Crippen LogP contribution is -2.30. The van der Waals surface area contributed by atoms with E-state index in [0.29, 0.717) is 5.92 Å². The van der Waals surface area contributed by atoms with Crippen LogP contribution in [0.25, 0.3) is 0 Å². The van der Waals surface area contributed by atoms with Crippen LogP contribution in [0.5, 0.6) is 0 Å². The Morgan fingerprint density at radius 2 is 2.35 bits per heavy atom. The molecule has 1 heterocycles. The Bertz CT molecular complexity index is 367. The largest absolute Gasteiger partial charge is 0.394 e. The van der Waals surface area contributed by atoms with E-state index in [9.17, 15) is 0 Å². The number of aliphatic hydroxyl groups excluding tert-OH is 1. The molecular weight excluding hydrogens is 212 g/mol. The average Bonchev–Trinajstić information content (AvgIpc) is 2.38. The molecule has 1 aliphatic heterocycles. The molecule has 3 nitrogen and oxygen atoms in total. The van der Waals surface area contributed by atoms with Gasteiger partial charge >= 0.3 is 0 Å². The molecule has 0 amide bonds. The van der Waals surface area contributed by atoms with E-state index >= 15 is 0 Å². The van der Waals surface area contributed by atoms with Gasteiger partial charge in [-0.2, -0.15) is 0 Å². The third-order valence-corrected chi connectivity index (χ3v) is 3.63. The molecule has 1 aromatic rings. The fourth-order valence-electron chi connectivity index (χ4n) is 2.59. The number of aliphatic hydroxyl groups is 1. The predicted octanol–water partition coefficient (Wildman–Crippen LogP) is 1.49. The van der Waals surface area contributed by atoms with Gasteiger partial charge in [0.1, 0.15) is 0 Å². The molecule has 94 valence electrons. The molecule has 2 rings (SSSR count). The van der Waals surface area contributed by atoms with Crippen molar-refractivity contribution in [3.8, 4) is 0 Å². The molecule has 0 aliphatic carbocycles. The quantitative estimate of drug-likeness (QED) is 0.833. The Labute approximate surface area is 103 Å². The van der Waals surface area contributed by atoms with E-state index in [-0.39, 0.29) is 12.6 Å².